The molecule has 0 aliphatic heterocycles. The van der Waals surface area contributed by atoms with E-state index in [-0.39, 0.29) is 11.3 Å². The Hall–Kier alpha value is -3.06. The first-order valence-corrected chi connectivity index (χ1v) is 11.7. The van der Waals surface area contributed by atoms with Crippen LogP contribution >= 0.6 is 11.8 Å². The molecule has 0 spiro atoms. The van der Waals surface area contributed by atoms with Crippen molar-refractivity contribution >= 4 is 39.5 Å². The number of furan rings is 1. The lowest BCUT2D eigenvalue weighted by molar-refractivity contribution is 0.0982. The Balaban J connectivity index is 1.45. The van der Waals surface area contributed by atoms with Gasteiger partial charge >= 0.3 is 5.91 Å². The van der Waals surface area contributed by atoms with Gasteiger partial charge in [0.1, 0.15) is 11.9 Å². The summed E-state index contributed by atoms with van der Waals surface area (Å²) in [5.41, 5.74) is 4.48. The highest BCUT2D eigenvalue weighted by Gasteiger charge is 2.23. The van der Waals surface area contributed by atoms with Gasteiger partial charge in [-0.25, -0.2) is 9.66 Å². The molecule has 5 rings (SSSR count). The summed E-state index contributed by atoms with van der Waals surface area (Å²) in [5.74, 6) is 0.508. The van der Waals surface area contributed by atoms with Crippen molar-refractivity contribution in [2.45, 2.75) is 43.1 Å². The molecule has 6 nitrogen and oxygen atoms in total. The first-order valence-electron chi connectivity index (χ1n) is 10.6. The molecule has 158 valence electrons. The molecule has 7 heteroatoms. The van der Waals surface area contributed by atoms with E-state index in [4.69, 9.17) is 4.42 Å². The van der Waals surface area contributed by atoms with Crippen LogP contribution in [0.3, 0.4) is 0 Å². The number of fused-ring (bicyclic) bond motifs is 2. The number of carbonyl (C=O) groups excluding carboxylic acids is 1. The number of nitrogens with zero attached hydrogens (tertiary/aromatic N) is 2. The fraction of sp³-hybridized carbons (Fsp3) is 0.292. The summed E-state index contributed by atoms with van der Waals surface area (Å²) in [7, 11) is 0. The fourth-order valence-corrected chi connectivity index (χ4v) is 5.52. The molecule has 1 saturated carbocycles. The van der Waals surface area contributed by atoms with Crippen LogP contribution in [0, 0.1) is 0 Å². The van der Waals surface area contributed by atoms with Crippen molar-refractivity contribution in [1.29, 1.82) is 0 Å². The number of thioether (sulfide) groups is 1. The zero-order chi connectivity index (χ0) is 21.2. The molecule has 2 aromatic heterocycles. The van der Waals surface area contributed by atoms with Crippen LogP contribution in [0.4, 0.5) is 0 Å². The van der Waals surface area contributed by atoms with E-state index in [9.17, 15) is 9.59 Å². The molecule has 2 heterocycles. The number of nitrogens with one attached hydrogen (secondary N) is 1. The van der Waals surface area contributed by atoms with Crippen LogP contribution in [0.2, 0.25) is 0 Å². The minimum atomic E-state index is -0.449. The van der Waals surface area contributed by atoms with Crippen LogP contribution in [0.15, 0.2) is 64.1 Å². The molecule has 0 atom stereocenters. The van der Waals surface area contributed by atoms with Gasteiger partial charge in [-0.2, -0.15) is 11.8 Å². The second-order valence-electron chi connectivity index (χ2n) is 7.85. The van der Waals surface area contributed by atoms with E-state index in [0.717, 1.165) is 15.6 Å². The van der Waals surface area contributed by atoms with Crippen LogP contribution in [0.5, 0.6) is 0 Å². The summed E-state index contributed by atoms with van der Waals surface area (Å²) in [6, 6.07) is 14.7. The molecule has 4 aromatic rings. The third-order valence-corrected chi connectivity index (χ3v) is 7.21. The standard InChI is InChI=1S/C24H23N3O3S/c28-23(26-27-15-25-20-12-6-4-11-18(20)24(27)29)22-19(14-31-16-8-2-1-3-9-16)17-10-5-7-13-21(17)30-22/h4-7,10-13,15-16H,1-3,8-9,14H2,(H,26,28). The van der Waals surface area contributed by atoms with Gasteiger partial charge in [0.15, 0.2) is 5.76 Å². The maximum absolute atomic E-state index is 13.1. The van der Waals surface area contributed by atoms with Crippen molar-refractivity contribution in [2.75, 3.05) is 5.43 Å². The molecule has 1 amide bonds. The van der Waals surface area contributed by atoms with Crippen LogP contribution in [-0.4, -0.2) is 20.8 Å². The third kappa shape index (κ3) is 3.97. The molecule has 31 heavy (non-hydrogen) atoms. The highest BCUT2D eigenvalue weighted by Crippen LogP contribution is 2.35. The highest BCUT2D eigenvalue weighted by atomic mass is 32.2. The van der Waals surface area contributed by atoms with Gasteiger partial charge in [0.05, 0.1) is 10.9 Å². The second kappa shape index (κ2) is 8.59. The SMILES string of the molecule is O=C(Nn1cnc2ccccc2c1=O)c1oc2ccccc2c1CSC1CCCCC1. The lowest BCUT2D eigenvalue weighted by Gasteiger charge is -2.20. The number of carbonyl (C=O) groups is 1. The van der Waals surface area contributed by atoms with Crippen LogP contribution < -0.4 is 11.0 Å². The van der Waals surface area contributed by atoms with Crippen LogP contribution in [0.25, 0.3) is 21.9 Å². The molecule has 1 N–H and O–H groups in total. The predicted octanol–water partition coefficient (Wildman–Crippen LogP) is 5.09. The third-order valence-electron chi connectivity index (χ3n) is 5.81. The quantitative estimate of drug-likeness (QED) is 0.474. The average Bonchev–Trinajstić information content (AvgIpc) is 3.19. The van der Waals surface area contributed by atoms with E-state index in [1.54, 1.807) is 18.2 Å². The van der Waals surface area contributed by atoms with E-state index in [1.165, 1.54) is 38.4 Å². The Kier molecular flexibility index (Phi) is 5.51. The van der Waals surface area contributed by atoms with E-state index < -0.39 is 5.91 Å². The first-order chi connectivity index (χ1) is 15.2. The maximum Gasteiger partial charge on any atom is 0.306 e. The summed E-state index contributed by atoms with van der Waals surface area (Å²) in [6.07, 6.45) is 7.64. The van der Waals surface area contributed by atoms with E-state index in [0.29, 0.717) is 27.5 Å². The lowest BCUT2D eigenvalue weighted by Crippen LogP contribution is -2.33. The van der Waals surface area contributed by atoms with Gasteiger partial charge in [-0.15, -0.1) is 0 Å². The number of benzene rings is 2. The van der Waals surface area contributed by atoms with E-state index in [1.807, 2.05) is 42.1 Å². The number of hydrogen-bond acceptors (Lipinski definition) is 5. The van der Waals surface area contributed by atoms with Gasteiger partial charge in [0.25, 0.3) is 5.56 Å². The summed E-state index contributed by atoms with van der Waals surface area (Å²) >= 11 is 1.89. The van der Waals surface area contributed by atoms with Gasteiger partial charge < -0.3 is 4.42 Å². The van der Waals surface area contributed by atoms with Gasteiger partial charge in [-0.05, 0) is 31.0 Å². The predicted molar refractivity (Wildman–Crippen MR) is 124 cm³/mol. The van der Waals surface area contributed by atoms with Gasteiger partial charge in [-0.3, -0.25) is 15.0 Å². The number of amides is 1. The molecule has 0 saturated heterocycles. The number of hydrogen-bond donors (Lipinski definition) is 1. The maximum atomic E-state index is 13.1. The van der Waals surface area contributed by atoms with Crippen molar-refractivity contribution < 1.29 is 9.21 Å². The van der Waals surface area contributed by atoms with Crippen LogP contribution in [0.1, 0.15) is 48.2 Å². The molecule has 0 radical (unpaired) electrons. The summed E-state index contributed by atoms with van der Waals surface area (Å²) in [5, 5.41) is 2.01. The Morgan fingerprint density at radius 3 is 2.65 bits per heavy atom. The molecule has 1 aliphatic rings. The molecule has 0 unspecified atom stereocenters. The number of rotatable bonds is 5. The minimum Gasteiger partial charge on any atom is -0.451 e. The fourth-order valence-electron chi connectivity index (χ4n) is 4.17. The van der Waals surface area contributed by atoms with Gasteiger partial charge in [0.2, 0.25) is 0 Å². The zero-order valence-corrected chi connectivity index (χ0v) is 17.9. The van der Waals surface area contributed by atoms with Crippen molar-refractivity contribution in [2.24, 2.45) is 0 Å². The lowest BCUT2D eigenvalue weighted by atomic mass is 10.0. The molecule has 1 aliphatic carbocycles. The molecule has 0 bridgehead atoms. The zero-order valence-electron chi connectivity index (χ0n) is 17.0. The smallest absolute Gasteiger partial charge is 0.306 e. The van der Waals surface area contributed by atoms with Crippen molar-refractivity contribution in [3.05, 3.63) is 76.5 Å². The number of aromatic nitrogens is 2. The highest BCUT2D eigenvalue weighted by molar-refractivity contribution is 7.99. The molecular weight excluding hydrogens is 410 g/mol. The summed E-state index contributed by atoms with van der Waals surface area (Å²) in [4.78, 5) is 30.2. The molecular formula is C24H23N3O3S. The normalized spacial score (nSPS) is 14.8. The Morgan fingerprint density at radius 2 is 1.81 bits per heavy atom. The summed E-state index contributed by atoms with van der Waals surface area (Å²) in [6.45, 7) is 0. The largest absolute Gasteiger partial charge is 0.451 e. The Labute approximate surface area is 183 Å². The molecule has 2 aromatic carbocycles. The van der Waals surface area contributed by atoms with Crippen molar-refractivity contribution in [1.82, 2.24) is 9.66 Å². The summed E-state index contributed by atoms with van der Waals surface area (Å²) < 4.78 is 7.06. The van der Waals surface area contributed by atoms with Gasteiger partial charge in [-0.1, -0.05) is 49.6 Å². The van der Waals surface area contributed by atoms with E-state index in [2.05, 4.69) is 10.4 Å². The first kappa shape index (κ1) is 19.9. The van der Waals surface area contributed by atoms with Crippen molar-refractivity contribution in [3.8, 4) is 0 Å². The van der Waals surface area contributed by atoms with Crippen LogP contribution in [-0.2, 0) is 5.75 Å². The molecule has 1 fully saturated rings. The topological polar surface area (TPSA) is 77.1 Å². The second-order valence-corrected chi connectivity index (χ2v) is 9.14. The van der Waals surface area contributed by atoms with E-state index >= 15 is 0 Å². The van der Waals surface area contributed by atoms with Crippen molar-refractivity contribution in [3.63, 3.8) is 0 Å². The van der Waals surface area contributed by atoms with Gasteiger partial charge in [0, 0.05) is 22.0 Å². The Bertz CT molecular complexity index is 1300. The average molecular weight is 434 g/mol. The minimum absolute atomic E-state index is 0.254. The Morgan fingerprint density at radius 1 is 1.06 bits per heavy atom. The number of para-hydroxylation sites is 2. The monoisotopic (exact) mass is 433 g/mol.